The van der Waals surface area contributed by atoms with Crippen molar-refractivity contribution in [2.45, 2.75) is 31.5 Å². The van der Waals surface area contributed by atoms with Crippen molar-refractivity contribution in [1.29, 1.82) is 0 Å². The molecule has 3 atom stereocenters. The Kier molecular flexibility index (Phi) is 3.77. The molecule has 0 spiro atoms. The summed E-state index contributed by atoms with van der Waals surface area (Å²) in [4.78, 5) is 4.47. The van der Waals surface area contributed by atoms with E-state index in [1.165, 1.54) is 0 Å². The van der Waals surface area contributed by atoms with Crippen LogP contribution in [0.1, 0.15) is 13.3 Å². The molecule has 2 rings (SSSR count). The fraction of sp³-hybridized carbons (Fsp3) is 1.00. The second-order valence-corrected chi connectivity index (χ2v) is 7.40. The lowest BCUT2D eigenvalue weighted by atomic mass is 10.1. The lowest BCUT2D eigenvalue weighted by Gasteiger charge is -2.42. The van der Waals surface area contributed by atoms with Crippen molar-refractivity contribution in [2.24, 2.45) is 0 Å². The summed E-state index contributed by atoms with van der Waals surface area (Å²) in [5.41, 5.74) is 0. The van der Waals surface area contributed by atoms with Gasteiger partial charge in [0, 0.05) is 25.7 Å². The van der Waals surface area contributed by atoms with Crippen LogP contribution in [0.15, 0.2) is 0 Å². The van der Waals surface area contributed by atoms with Crippen LogP contribution in [-0.4, -0.2) is 79.7 Å². The summed E-state index contributed by atoms with van der Waals surface area (Å²) >= 11 is 0. The molecule has 1 N–H and O–H groups in total. The summed E-state index contributed by atoms with van der Waals surface area (Å²) in [5, 5.41) is 9.87. The van der Waals surface area contributed by atoms with E-state index in [4.69, 9.17) is 0 Å². The van der Waals surface area contributed by atoms with Crippen molar-refractivity contribution in [3.05, 3.63) is 0 Å². The molecule has 2 saturated heterocycles. The monoisotopic (exact) mass is 262 g/mol. The minimum Gasteiger partial charge on any atom is -0.390 e. The highest BCUT2D eigenvalue weighted by Gasteiger charge is 2.41. The molecule has 0 aromatic heterocycles. The van der Waals surface area contributed by atoms with Crippen LogP contribution >= 0.6 is 0 Å². The van der Waals surface area contributed by atoms with Gasteiger partial charge in [-0.25, -0.2) is 8.42 Å². The van der Waals surface area contributed by atoms with Crippen molar-refractivity contribution >= 4 is 9.84 Å². The molecule has 3 unspecified atom stereocenters. The molecule has 2 heterocycles. The first-order valence-electron chi connectivity index (χ1n) is 6.25. The van der Waals surface area contributed by atoms with E-state index >= 15 is 0 Å². The van der Waals surface area contributed by atoms with Gasteiger partial charge in [0.25, 0.3) is 0 Å². The van der Waals surface area contributed by atoms with Crippen LogP contribution in [-0.2, 0) is 9.84 Å². The van der Waals surface area contributed by atoms with Gasteiger partial charge in [0.15, 0.2) is 9.84 Å². The topological polar surface area (TPSA) is 60.9 Å². The number of aliphatic hydroxyl groups is 1. The predicted octanol–water partition coefficient (Wildman–Crippen LogP) is -0.830. The first-order chi connectivity index (χ1) is 7.93. The number of hydrogen-bond donors (Lipinski definition) is 1. The molecular formula is C11H22N2O3S. The largest absolute Gasteiger partial charge is 0.390 e. The number of rotatable bonds is 2. The highest BCUT2D eigenvalue weighted by molar-refractivity contribution is 7.91. The van der Waals surface area contributed by atoms with Gasteiger partial charge < -0.3 is 10.0 Å². The number of likely N-dealkylation sites (N-methyl/N-ethyl adjacent to an activating group) is 1. The number of piperazine rings is 1. The average molecular weight is 262 g/mol. The quantitative estimate of drug-likeness (QED) is 0.704. The maximum Gasteiger partial charge on any atom is 0.154 e. The van der Waals surface area contributed by atoms with Gasteiger partial charge >= 0.3 is 0 Å². The Labute approximate surface area is 103 Å². The number of hydrogen-bond acceptors (Lipinski definition) is 5. The maximum atomic E-state index is 11.5. The predicted molar refractivity (Wildman–Crippen MR) is 66.7 cm³/mol. The van der Waals surface area contributed by atoms with Crippen molar-refractivity contribution in [3.63, 3.8) is 0 Å². The van der Waals surface area contributed by atoms with E-state index in [0.717, 1.165) is 26.1 Å². The van der Waals surface area contributed by atoms with Gasteiger partial charge in [-0.2, -0.15) is 0 Å². The summed E-state index contributed by atoms with van der Waals surface area (Å²) in [6.07, 6.45) is 0.351. The molecule has 5 nitrogen and oxygen atoms in total. The van der Waals surface area contributed by atoms with Crippen molar-refractivity contribution < 1.29 is 13.5 Å². The van der Waals surface area contributed by atoms with Gasteiger partial charge in [-0.05, 0) is 13.5 Å². The van der Waals surface area contributed by atoms with Gasteiger partial charge in [-0.1, -0.05) is 6.92 Å². The summed E-state index contributed by atoms with van der Waals surface area (Å²) in [6, 6.07) is 0.280. The Hall–Kier alpha value is -0.170. The highest BCUT2D eigenvalue weighted by atomic mass is 32.2. The molecule has 0 amide bonds. The molecule has 17 heavy (non-hydrogen) atoms. The van der Waals surface area contributed by atoms with E-state index in [0.29, 0.717) is 6.04 Å². The van der Waals surface area contributed by atoms with Crippen LogP contribution in [0.5, 0.6) is 0 Å². The highest BCUT2D eigenvalue weighted by Crippen LogP contribution is 2.22. The minimum atomic E-state index is -3.04. The van der Waals surface area contributed by atoms with E-state index < -0.39 is 15.9 Å². The van der Waals surface area contributed by atoms with Gasteiger partial charge in [0.1, 0.15) is 0 Å². The zero-order valence-electron chi connectivity index (χ0n) is 10.5. The second kappa shape index (κ2) is 4.84. The van der Waals surface area contributed by atoms with E-state index in [9.17, 15) is 13.5 Å². The van der Waals surface area contributed by atoms with E-state index in [-0.39, 0.29) is 17.5 Å². The molecule has 0 radical (unpaired) electrons. The molecule has 2 aliphatic heterocycles. The van der Waals surface area contributed by atoms with Gasteiger partial charge in [-0.15, -0.1) is 0 Å². The van der Waals surface area contributed by atoms with E-state index in [1.807, 2.05) is 0 Å². The lowest BCUT2D eigenvalue weighted by Crippen LogP contribution is -2.56. The zero-order valence-corrected chi connectivity index (χ0v) is 11.4. The van der Waals surface area contributed by atoms with Crippen molar-refractivity contribution in [2.75, 3.05) is 38.2 Å². The molecule has 0 aromatic rings. The molecule has 0 bridgehead atoms. The van der Waals surface area contributed by atoms with E-state index in [1.54, 1.807) is 0 Å². The summed E-state index contributed by atoms with van der Waals surface area (Å²) in [6.45, 7) is 4.81. The molecule has 2 fully saturated rings. The SMILES string of the molecule is CCC1CN(C2CS(=O)(=O)CC2O)CCN1C. The molecule has 0 saturated carbocycles. The first kappa shape index (κ1) is 13.3. The summed E-state index contributed by atoms with van der Waals surface area (Å²) in [7, 11) is -0.932. The third kappa shape index (κ3) is 2.81. The Morgan fingerprint density at radius 1 is 1.29 bits per heavy atom. The molecule has 2 aliphatic rings. The fourth-order valence-corrected chi connectivity index (χ4v) is 4.70. The standard InChI is InChI=1S/C11H22N2O3S/c1-3-9-6-13(5-4-12(9)2)10-7-17(15,16)8-11(10)14/h9-11,14H,3-8H2,1-2H3. The normalized spacial score (nSPS) is 39.6. The van der Waals surface area contributed by atoms with Crippen LogP contribution in [0.3, 0.4) is 0 Å². The third-order valence-corrected chi connectivity index (χ3v) is 5.74. The first-order valence-corrected chi connectivity index (χ1v) is 8.08. The summed E-state index contributed by atoms with van der Waals surface area (Å²) in [5.74, 6) is 0.0507. The maximum absolute atomic E-state index is 11.5. The third-order valence-electron chi connectivity index (χ3n) is 4.04. The Bertz CT molecular complexity index is 371. The van der Waals surface area contributed by atoms with Crippen LogP contribution in [0, 0.1) is 0 Å². The summed E-state index contributed by atoms with van der Waals surface area (Å²) < 4.78 is 23.0. The van der Waals surface area contributed by atoms with Gasteiger partial charge in [-0.3, -0.25) is 4.90 Å². The average Bonchev–Trinajstić information content (AvgIpc) is 2.53. The molecule has 100 valence electrons. The Morgan fingerprint density at radius 3 is 2.53 bits per heavy atom. The lowest BCUT2D eigenvalue weighted by molar-refractivity contribution is 0.0243. The van der Waals surface area contributed by atoms with Crippen LogP contribution in [0.25, 0.3) is 0 Å². The van der Waals surface area contributed by atoms with E-state index in [2.05, 4.69) is 23.8 Å². The molecular weight excluding hydrogens is 240 g/mol. The fourth-order valence-electron chi connectivity index (χ4n) is 2.87. The van der Waals surface area contributed by atoms with Crippen LogP contribution in [0.4, 0.5) is 0 Å². The molecule has 0 aliphatic carbocycles. The zero-order chi connectivity index (χ0) is 12.6. The Morgan fingerprint density at radius 2 is 2.00 bits per heavy atom. The number of sulfone groups is 1. The van der Waals surface area contributed by atoms with Crippen molar-refractivity contribution in [3.8, 4) is 0 Å². The number of aliphatic hydroxyl groups excluding tert-OH is 1. The van der Waals surface area contributed by atoms with Crippen LogP contribution in [0.2, 0.25) is 0 Å². The smallest absolute Gasteiger partial charge is 0.154 e. The van der Waals surface area contributed by atoms with Gasteiger partial charge in [0.2, 0.25) is 0 Å². The minimum absolute atomic E-state index is 0.0687. The second-order valence-electron chi connectivity index (χ2n) is 5.25. The van der Waals surface area contributed by atoms with Crippen molar-refractivity contribution in [1.82, 2.24) is 9.80 Å². The number of nitrogens with zero attached hydrogens (tertiary/aromatic N) is 2. The van der Waals surface area contributed by atoms with Crippen LogP contribution < -0.4 is 0 Å². The Balaban J connectivity index is 2.04. The molecule has 6 heteroatoms. The van der Waals surface area contributed by atoms with Gasteiger partial charge in [0.05, 0.1) is 23.7 Å². The molecule has 0 aromatic carbocycles.